The maximum absolute atomic E-state index is 12.1. The Morgan fingerprint density at radius 2 is 2.12 bits per heavy atom. The third-order valence-electron chi connectivity index (χ3n) is 2.82. The van der Waals surface area contributed by atoms with Crippen molar-refractivity contribution in [2.45, 2.75) is 0 Å². The van der Waals surface area contributed by atoms with Crippen molar-refractivity contribution in [3.63, 3.8) is 0 Å². The predicted octanol–water partition coefficient (Wildman–Crippen LogP) is 4.27. The van der Waals surface area contributed by atoms with Gasteiger partial charge in [0.05, 0.1) is 9.80 Å². The number of anilines is 1. The molecule has 0 bridgehead atoms. The fourth-order valence-electron chi connectivity index (χ4n) is 1.75. The van der Waals surface area contributed by atoms with Crippen LogP contribution in [0.15, 0.2) is 45.9 Å². The summed E-state index contributed by atoms with van der Waals surface area (Å²) in [6, 6.07) is 9.97. The first-order valence-corrected chi connectivity index (χ1v) is 9.12. The van der Waals surface area contributed by atoms with Gasteiger partial charge in [-0.25, -0.2) is 4.99 Å². The van der Waals surface area contributed by atoms with Crippen LogP contribution in [0.25, 0.3) is 0 Å². The average Bonchev–Trinajstić information content (AvgIpc) is 3.22. The number of carbonyl (C=O) groups is 1. The van der Waals surface area contributed by atoms with Gasteiger partial charge in [0.25, 0.3) is 5.91 Å². The van der Waals surface area contributed by atoms with Crippen molar-refractivity contribution in [3.8, 4) is 0 Å². The Morgan fingerprint density at radius 3 is 2.84 bits per heavy atom. The molecule has 126 valence electrons. The third-order valence-corrected chi connectivity index (χ3v) is 5.03. The third kappa shape index (κ3) is 4.53. The van der Waals surface area contributed by atoms with Gasteiger partial charge in [-0.05, 0) is 24.3 Å². The number of nitrogens with zero attached hydrogens (tertiary/aromatic N) is 4. The molecule has 2 aromatic heterocycles. The lowest BCUT2D eigenvalue weighted by atomic mass is 10.2. The Morgan fingerprint density at radius 1 is 1.28 bits per heavy atom. The maximum atomic E-state index is 12.1. The zero-order chi connectivity index (χ0) is 17.8. The van der Waals surface area contributed by atoms with E-state index in [9.17, 15) is 14.9 Å². The van der Waals surface area contributed by atoms with Gasteiger partial charge in [-0.15, -0.1) is 10.2 Å². The van der Waals surface area contributed by atoms with E-state index in [1.54, 1.807) is 24.3 Å². The van der Waals surface area contributed by atoms with Gasteiger partial charge in [0, 0.05) is 22.3 Å². The van der Waals surface area contributed by atoms with E-state index < -0.39 is 4.92 Å². The van der Waals surface area contributed by atoms with Crippen LogP contribution in [0.5, 0.6) is 0 Å². The van der Waals surface area contributed by atoms with Gasteiger partial charge in [0.2, 0.25) is 10.3 Å². The topological polar surface area (TPSA) is 110 Å². The first-order chi connectivity index (χ1) is 12.0. The van der Waals surface area contributed by atoms with Crippen molar-refractivity contribution in [1.82, 2.24) is 10.2 Å². The quantitative estimate of drug-likeness (QED) is 0.363. The SMILES string of the molecule is O=C(Nc1nnc(/N=C/c2ccc([N+](=O)[O-])s2)s1)c1cccc(Br)c1. The number of amides is 1. The first-order valence-electron chi connectivity index (χ1n) is 6.70. The molecule has 1 amide bonds. The number of benzene rings is 1. The normalized spacial score (nSPS) is 10.9. The minimum Gasteiger partial charge on any atom is -0.296 e. The fourth-order valence-corrected chi connectivity index (χ4v) is 3.42. The number of aromatic nitrogens is 2. The van der Waals surface area contributed by atoms with Crippen molar-refractivity contribution in [1.29, 1.82) is 0 Å². The largest absolute Gasteiger partial charge is 0.324 e. The van der Waals surface area contributed by atoms with Gasteiger partial charge in [0.15, 0.2) is 0 Å². The number of hydrogen-bond acceptors (Lipinski definition) is 8. The Bertz CT molecular complexity index is 969. The van der Waals surface area contributed by atoms with E-state index in [0.29, 0.717) is 20.7 Å². The first kappa shape index (κ1) is 17.3. The maximum Gasteiger partial charge on any atom is 0.324 e. The number of rotatable bonds is 5. The zero-order valence-electron chi connectivity index (χ0n) is 12.2. The van der Waals surface area contributed by atoms with Crippen LogP contribution in [-0.2, 0) is 0 Å². The molecule has 0 unspecified atom stereocenters. The molecule has 8 nitrogen and oxygen atoms in total. The van der Waals surface area contributed by atoms with Crippen molar-refractivity contribution < 1.29 is 9.72 Å². The summed E-state index contributed by atoms with van der Waals surface area (Å²) in [4.78, 5) is 27.1. The van der Waals surface area contributed by atoms with Crippen molar-refractivity contribution in [2.24, 2.45) is 4.99 Å². The molecular weight excluding hydrogens is 430 g/mol. The molecule has 1 aromatic carbocycles. The van der Waals surface area contributed by atoms with Crippen molar-refractivity contribution >= 4 is 66.0 Å². The predicted molar refractivity (Wildman–Crippen MR) is 100 cm³/mol. The number of nitrogens with one attached hydrogen (secondary N) is 1. The number of carbonyl (C=O) groups excluding carboxylic acids is 1. The number of thiophene rings is 1. The monoisotopic (exact) mass is 437 g/mol. The number of nitro groups is 1. The van der Waals surface area contributed by atoms with Crippen LogP contribution in [0, 0.1) is 10.1 Å². The van der Waals surface area contributed by atoms with Crippen LogP contribution in [-0.4, -0.2) is 27.2 Å². The summed E-state index contributed by atoms with van der Waals surface area (Å²) in [5.74, 6) is -0.304. The van der Waals surface area contributed by atoms with Crippen molar-refractivity contribution in [3.05, 3.63) is 61.4 Å². The Balaban J connectivity index is 1.66. The molecule has 0 aliphatic rings. The van der Waals surface area contributed by atoms with E-state index in [0.717, 1.165) is 27.1 Å². The summed E-state index contributed by atoms with van der Waals surface area (Å²) in [5.41, 5.74) is 0.487. The van der Waals surface area contributed by atoms with Gasteiger partial charge in [-0.1, -0.05) is 44.7 Å². The number of aliphatic imine (C=N–C) groups is 1. The molecule has 0 spiro atoms. The minimum atomic E-state index is -0.456. The minimum absolute atomic E-state index is 0.0423. The highest BCUT2D eigenvalue weighted by molar-refractivity contribution is 9.10. The van der Waals surface area contributed by atoms with Gasteiger partial charge in [-0.2, -0.15) is 0 Å². The van der Waals surface area contributed by atoms with Crippen molar-refractivity contribution in [2.75, 3.05) is 5.32 Å². The summed E-state index contributed by atoms with van der Waals surface area (Å²) in [6.07, 6.45) is 1.47. The van der Waals surface area contributed by atoms with Crippen LogP contribution in [0.2, 0.25) is 0 Å². The lowest BCUT2D eigenvalue weighted by molar-refractivity contribution is -0.380. The second-order valence-electron chi connectivity index (χ2n) is 4.55. The van der Waals surface area contributed by atoms with Gasteiger partial charge >= 0.3 is 5.00 Å². The lowest BCUT2D eigenvalue weighted by Gasteiger charge is -2.00. The van der Waals surface area contributed by atoms with Crippen LogP contribution in [0.3, 0.4) is 0 Å². The van der Waals surface area contributed by atoms with Gasteiger partial charge < -0.3 is 0 Å². The smallest absolute Gasteiger partial charge is 0.296 e. The molecule has 0 atom stereocenters. The highest BCUT2D eigenvalue weighted by atomic mass is 79.9. The molecule has 0 aliphatic carbocycles. The Labute approximate surface area is 157 Å². The van der Waals surface area contributed by atoms with E-state index in [4.69, 9.17) is 0 Å². The summed E-state index contributed by atoms with van der Waals surface area (Å²) < 4.78 is 0.799. The number of halogens is 1. The summed E-state index contributed by atoms with van der Waals surface area (Å²) >= 11 is 5.42. The second-order valence-corrected chi connectivity index (χ2v) is 7.51. The highest BCUT2D eigenvalue weighted by Crippen LogP contribution is 2.26. The zero-order valence-corrected chi connectivity index (χ0v) is 15.5. The molecule has 0 radical (unpaired) electrons. The molecule has 11 heteroatoms. The van der Waals surface area contributed by atoms with E-state index in [1.165, 1.54) is 12.3 Å². The van der Waals surface area contributed by atoms with Crippen LogP contribution >= 0.6 is 38.6 Å². The molecule has 3 aromatic rings. The second kappa shape index (κ2) is 7.59. The van der Waals surface area contributed by atoms with Crippen LogP contribution in [0.4, 0.5) is 15.3 Å². The fraction of sp³-hybridized carbons (Fsp3) is 0. The molecule has 0 saturated heterocycles. The standard InChI is InChI=1S/C14H8BrN5O3S2/c15-9-3-1-2-8(6-9)12(21)17-14-19-18-13(25-14)16-7-10-4-5-11(24-10)20(22)23/h1-7H,(H,17,19,21)/b16-7+. The summed E-state index contributed by atoms with van der Waals surface area (Å²) in [5, 5.41) is 21.7. The summed E-state index contributed by atoms with van der Waals surface area (Å²) in [7, 11) is 0. The van der Waals surface area contributed by atoms with Gasteiger partial charge in [0.1, 0.15) is 0 Å². The van der Waals surface area contributed by atoms with E-state index in [2.05, 4.69) is 36.4 Å². The highest BCUT2D eigenvalue weighted by Gasteiger charge is 2.11. The Hall–Kier alpha value is -2.50. The van der Waals surface area contributed by atoms with E-state index >= 15 is 0 Å². The molecule has 0 saturated carbocycles. The van der Waals surface area contributed by atoms with E-state index in [1.807, 2.05) is 6.07 Å². The van der Waals surface area contributed by atoms with Crippen LogP contribution in [0.1, 0.15) is 15.2 Å². The molecular formula is C14H8BrN5O3S2. The summed E-state index contributed by atoms with van der Waals surface area (Å²) in [6.45, 7) is 0. The van der Waals surface area contributed by atoms with E-state index in [-0.39, 0.29) is 10.9 Å². The molecule has 0 fully saturated rings. The average molecular weight is 438 g/mol. The molecule has 25 heavy (non-hydrogen) atoms. The molecule has 3 rings (SSSR count). The molecule has 1 N–H and O–H groups in total. The van der Waals surface area contributed by atoms with Crippen LogP contribution < -0.4 is 5.32 Å². The lowest BCUT2D eigenvalue weighted by Crippen LogP contribution is -2.11. The molecule has 0 aliphatic heterocycles. The molecule has 2 heterocycles. The Kier molecular flexibility index (Phi) is 5.26. The number of hydrogen-bond donors (Lipinski definition) is 1. The van der Waals surface area contributed by atoms with Gasteiger partial charge in [-0.3, -0.25) is 20.2 Å².